The van der Waals surface area contributed by atoms with E-state index < -0.39 is 0 Å². The highest BCUT2D eigenvalue weighted by Gasteiger charge is 2.10. The topological polar surface area (TPSA) is 38.9 Å². The molecule has 15 heavy (non-hydrogen) atoms. The maximum atomic E-state index is 5.70. The standard InChI is InChI=1S/C11H13BrN2S/c1-3-6(2)7-4-8(12)10-9(5-7)15-11(13)14-10/h4-6H,3H2,1-2H3,(H2,13,14). The van der Waals surface area contributed by atoms with Crippen LogP contribution in [0.15, 0.2) is 16.6 Å². The summed E-state index contributed by atoms with van der Waals surface area (Å²) in [5.41, 5.74) is 8.03. The summed E-state index contributed by atoms with van der Waals surface area (Å²) in [7, 11) is 0. The summed E-state index contributed by atoms with van der Waals surface area (Å²) in [4.78, 5) is 4.29. The third-order valence-electron chi connectivity index (χ3n) is 2.67. The van der Waals surface area contributed by atoms with Crippen molar-refractivity contribution < 1.29 is 0 Å². The van der Waals surface area contributed by atoms with Gasteiger partial charge < -0.3 is 5.73 Å². The summed E-state index contributed by atoms with van der Waals surface area (Å²) in [5.74, 6) is 0.578. The number of aromatic nitrogens is 1. The number of halogens is 1. The number of thiazole rings is 1. The van der Waals surface area contributed by atoms with Gasteiger partial charge in [-0.25, -0.2) is 4.98 Å². The van der Waals surface area contributed by atoms with Crippen molar-refractivity contribution in [1.29, 1.82) is 0 Å². The van der Waals surface area contributed by atoms with Crippen molar-refractivity contribution in [2.75, 3.05) is 5.73 Å². The highest BCUT2D eigenvalue weighted by Crippen LogP contribution is 2.33. The van der Waals surface area contributed by atoms with E-state index in [1.165, 1.54) is 5.56 Å². The second-order valence-electron chi connectivity index (χ2n) is 3.71. The highest BCUT2D eigenvalue weighted by atomic mass is 79.9. The lowest BCUT2D eigenvalue weighted by molar-refractivity contribution is 0.734. The van der Waals surface area contributed by atoms with Gasteiger partial charge in [-0.2, -0.15) is 0 Å². The molecule has 1 unspecified atom stereocenters. The minimum atomic E-state index is 0.578. The Bertz CT molecular complexity index is 493. The minimum absolute atomic E-state index is 0.578. The lowest BCUT2D eigenvalue weighted by Crippen LogP contribution is -1.91. The first-order chi connectivity index (χ1) is 7.11. The molecule has 0 bridgehead atoms. The molecule has 0 aliphatic rings. The molecule has 2 nitrogen and oxygen atoms in total. The van der Waals surface area contributed by atoms with Crippen LogP contribution in [0.5, 0.6) is 0 Å². The largest absolute Gasteiger partial charge is 0.375 e. The van der Waals surface area contributed by atoms with E-state index in [4.69, 9.17) is 5.73 Å². The fraction of sp³-hybridized carbons (Fsp3) is 0.364. The fourth-order valence-corrected chi connectivity index (χ4v) is 3.05. The zero-order valence-corrected chi connectivity index (χ0v) is 11.2. The Balaban J connectivity index is 2.61. The number of anilines is 1. The first-order valence-corrected chi connectivity index (χ1v) is 6.58. The molecule has 1 aromatic carbocycles. The number of nitrogen functional groups attached to an aromatic ring is 1. The molecule has 1 atom stereocenters. The molecule has 2 N–H and O–H groups in total. The van der Waals surface area contributed by atoms with Gasteiger partial charge in [0.15, 0.2) is 5.13 Å². The Hall–Kier alpha value is -0.610. The molecule has 1 heterocycles. The van der Waals surface area contributed by atoms with Gasteiger partial charge in [-0.1, -0.05) is 25.2 Å². The Morgan fingerprint density at radius 2 is 2.27 bits per heavy atom. The predicted octanol–water partition coefficient (Wildman–Crippen LogP) is 4.15. The number of rotatable bonds is 2. The smallest absolute Gasteiger partial charge is 0.181 e. The first-order valence-electron chi connectivity index (χ1n) is 4.97. The molecule has 0 aliphatic carbocycles. The van der Waals surface area contributed by atoms with Crippen molar-refractivity contribution in [2.24, 2.45) is 0 Å². The van der Waals surface area contributed by atoms with Gasteiger partial charge in [-0.15, -0.1) is 0 Å². The zero-order valence-electron chi connectivity index (χ0n) is 8.75. The van der Waals surface area contributed by atoms with Crippen LogP contribution < -0.4 is 5.73 Å². The Morgan fingerprint density at radius 3 is 2.93 bits per heavy atom. The van der Waals surface area contributed by atoms with Gasteiger partial charge in [-0.3, -0.25) is 0 Å². The molecule has 0 fully saturated rings. The molecule has 0 spiro atoms. The Kier molecular flexibility index (Phi) is 2.98. The molecule has 4 heteroatoms. The maximum absolute atomic E-state index is 5.70. The van der Waals surface area contributed by atoms with Crippen LogP contribution >= 0.6 is 27.3 Å². The average Bonchev–Trinajstić information content (AvgIpc) is 2.58. The number of hydrogen-bond acceptors (Lipinski definition) is 3. The van der Waals surface area contributed by atoms with Gasteiger partial charge in [-0.05, 0) is 46.0 Å². The molecule has 80 valence electrons. The lowest BCUT2D eigenvalue weighted by atomic mass is 9.99. The second kappa shape index (κ2) is 4.10. The first kappa shape index (κ1) is 10.9. The van der Waals surface area contributed by atoms with E-state index >= 15 is 0 Å². The number of nitrogens with two attached hydrogens (primary N) is 1. The monoisotopic (exact) mass is 284 g/mol. The van der Waals surface area contributed by atoms with Gasteiger partial charge in [0.25, 0.3) is 0 Å². The van der Waals surface area contributed by atoms with Crippen molar-refractivity contribution in [3.8, 4) is 0 Å². The van der Waals surface area contributed by atoms with Crippen molar-refractivity contribution >= 4 is 42.6 Å². The molecular formula is C11H13BrN2S. The normalized spacial score (nSPS) is 13.3. The van der Waals surface area contributed by atoms with Crippen molar-refractivity contribution in [2.45, 2.75) is 26.2 Å². The Labute approximate surface area is 102 Å². The fourth-order valence-electron chi connectivity index (χ4n) is 1.55. The number of benzene rings is 1. The summed E-state index contributed by atoms with van der Waals surface area (Å²) in [6, 6.07) is 4.35. The predicted molar refractivity (Wildman–Crippen MR) is 70.4 cm³/mol. The van der Waals surface area contributed by atoms with E-state index in [9.17, 15) is 0 Å². The second-order valence-corrected chi connectivity index (χ2v) is 5.63. The maximum Gasteiger partial charge on any atom is 0.181 e. The van der Waals surface area contributed by atoms with Crippen LogP contribution in [0.3, 0.4) is 0 Å². The van der Waals surface area contributed by atoms with Gasteiger partial charge in [0, 0.05) is 4.47 Å². The summed E-state index contributed by atoms with van der Waals surface area (Å²) in [6.07, 6.45) is 1.15. The molecule has 0 saturated heterocycles. The van der Waals surface area contributed by atoms with Crippen LogP contribution in [-0.2, 0) is 0 Å². The van der Waals surface area contributed by atoms with Crippen LogP contribution in [0.1, 0.15) is 31.7 Å². The molecule has 2 rings (SSSR count). The summed E-state index contributed by atoms with van der Waals surface area (Å²) in [6.45, 7) is 4.43. The molecule has 2 aromatic rings. The average molecular weight is 285 g/mol. The lowest BCUT2D eigenvalue weighted by Gasteiger charge is -2.09. The van der Waals surface area contributed by atoms with Crippen LogP contribution in [-0.4, -0.2) is 4.98 Å². The van der Waals surface area contributed by atoms with Crippen molar-refractivity contribution in [1.82, 2.24) is 4.98 Å². The van der Waals surface area contributed by atoms with Crippen molar-refractivity contribution in [3.63, 3.8) is 0 Å². The van der Waals surface area contributed by atoms with Gasteiger partial charge in [0.05, 0.1) is 10.2 Å². The quantitative estimate of drug-likeness (QED) is 0.900. The highest BCUT2D eigenvalue weighted by molar-refractivity contribution is 9.10. The van der Waals surface area contributed by atoms with Crippen LogP contribution in [0.2, 0.25) is 0 Å². The number of nitrogens with zero attached hydrogens (tertiary/aromatic N) is 1. The molecule has 0 aliphatic heterocycles. The summed E-state index contributed by atoms with van der Waals surface area (Å²) in [5, 5.41) is 0.631. The molecular weight excluding hydrogens is 272 g/mol. The van der Waals surface area contributed by atoms with Crippen LogP contribution in [0.4, 0.5) is 5.13 Å². The van der Waals surface area contributed by atoms with Crippen molar-refractivity contribution in [3.05, 3.63) is 22.2 Å². The summed E-state index contributed by atoms with van der Waals surface area (Å²) < 4.78 is 2.21. The van der Waals surface area contributed by atoms with E-state index in [0.717, 1.165) is 21.1 Å². The molecule has 0 saturated carbocycles. The van der Waals surface area contributed by atoms with Gasteiger partial charge >= 0.3 is 0 Å². The van der Waals surface area contributed by atoms with Gasteiger partial charge in [0.1, 0.15) is 0 Å². The van der Waals surface area contributed by atoms with E-state index in [0.29, 0.717) is 11.0 Å². The van der Waals surface area contributed by atoms with Crippen LogP contribution in [0, 0.1) is 0 Å². The van der Waals surface area contributed by atoms with Gasteiger partial charge in [0.2, 0.25) is 0 Å². The molecule has 0 radical (unpaired) electrons. The third kappa shape index (κ3) is 2.01. The molecule has 0 amide bonds. The zero-order chi connectivity index (χ0) is 11.0. The SMILES string of the molecule is CCC(C)c1cc(Br)c2nc(N)sc2c1. The Morgan fingerprint density at radius 1 is 1.53 bits per heavy atom. The van der Waals surface area contributed by atoms with Crippen LogP contribution in [0.25, 0.3) is 10.2 Å². The van der Waals surface area contributed by atoms with E-state index in [-0.39, 0.29) is 0 Å². The van der Waals surface area contributed by atoms with E-state index in [1.54, 1.807) is 11.3 Å². The summed E-state index contributed by atoms with van der Waals surface area (Å²) >= 11 is 5.09. The number of fused-ring (bicyclic) bond motifs is 1. The minimum Gasteiger partial charge on any atom is -0.375 e. The third-order valence-corrected chi connectivity index (χ3v) is 4.10. The molecule has 1 aromatic heterocycles. The number of hydrogen-bond donors (Lipinski definition) is 1. The van der Waals surface area contributed by atoms with E-state index in [2.05, 4.69) is 46.9 Å². The van der Waals surface area contributed by atoms with E-state index in [1.807, 2.05) is 0 Å².